The van der Waals surface area contributed by atoms with E-state index in [2.05, 4.69) is 15.5 Å². The summed E-state index contributed by atoms with van der Waals surface area (Å²) in [6, 6.07) is 0.306. The van der Waals surface area contributed by atoms with Crippen molar-refractivity contribution in [3.63, 3.8) is 0 Å². The number of nitrogens with one attached hydrogen (secondary N) is 1. The maximum atomic E-state index is 11.6. The molecule has 0 aromatic carbocycles. The van der Waals surface area contributed by atoms with Crippen molar-refractivity contribution in [1.29, 1.82) is 0 Å². The minimum absolute atomic E-state index is 0.0568. The van der Waals surface area contributed by atoms with Crippen LogP contribution in [0.25, 0.3) is 0 Å². The van der Waals surface area contributed by atoms with Crippen molar-refractivity contribution in [1.82, 2.24) is 15.5 Å². The van der Waals surface area contributed by atoms with E-state index in [0.29, 0.717) is 17.8 Å². The lowest BCUT2D eigenvalue weighted by Gasteiger charge is -2.27. The summed E-state index contributed by atoms with van der Waals surface area (Å²) in [5.41, 5.74) is 0. The molecule has 1 fully saturated rings. The van der Waals surface area contributed by atoms with Crippen LogP contribution >= 0.6 is 0 Å². The van der Waals surface area contributed by atoms with Gasteiger partial charge in [0.1, 0.15) is 0 Å². The maximum Gasteiger partial charge on any atom is 0.229 e. The second-order valence-corrected chi connectivity index (χ2v) is 5.39. The lowest BCUT2D eigenvalue weighted by atomic mass is 9.86. The molecule has 0 unspecified atom stereocenters. The predicted octanol–water partition coefficient (Wildman–Crippen LogP) is 2.18. The fraction of sp³-hybridized carbons (Fsp3) is 0.769. The highest BCUT2D eigenvalue weighted by Crippen LogP contribution is 2.31. The fourth-order valence-electron chi connectivity index (χ4n) is 2.33. The third kappa shape index (κ3) is 3.09. The molecule has 1 aromatic rings. The highest BCUT2D eigenvalue weighted by molar-refractivity contribution is 5.78. The Morgan fingerprint density at radius 2 is 2.00 bits per heavy atom. The number of aromatic nitrogens is 2. The van der Waals surface area contributed by atoms with Crippen LogP contribution in [0, 0.1) is 12.8 Å². The first kappa shape index (κ1) is 13.1. The molecule has 0 spiro atoms. The molecule has 1 saturated carbocycles. The second kappa shape index (κ2) is 5.50. The van der Waals surface area contributed by atoms with Gasteiger partial charge in [-0.25, -0.2) is 0 Å². The minimum Gasteiger partial charge on any atom is -0.353 e. The van der Waals surface area contributed by atoms with Crippen LogP contribution in [0.1, 0.15) is 57.2 Å². The molecule has 0 saturated heterocycles. The highest BCUT2D eigenvalue weighted by Gasteiger charge is 2.27. The molecular formula is C13H21N3O2. The molecule has 2 rings (SSSR count). The Bertz CT molecular complexity index is 406. The number of carbonyl (C=O) groups excluding carboxylic acids is 1. The van der Waals surface area contributed by atoms with Crippen molar-refractivity contribution in [2.75, 3.05) is 0 Å². The molecule has 1 aliphatic carbocycles. The third-order valence-corrected chi connectivity index (χ3v) is 3.49. The van der Waals surface area contributed by atoms with Crippen LogP contribution in [0.2, 0.25) is 0 Å². The van der Waals surface area contributed by atoms with Crippen LogP contribution in [0.4, 0.5) is 0 Å². The Kier molecular flexibility index (Phi) is 3.99. The molecular weight excluding hydrogens is 230 g/mol. The molecule has 100 valence electrons. The first-order valence-corrected chi connectivity index (χ1v) is 6.67. The average molecular weight is 251 g/mol. The van der Waals surface area contributed by atoms with E-state index >= 15 is 0 Å². The number of nitrogens with zero attached hydrogens (tertiary/aromatic N) is 2. The van der Waals surface area contributed by atoms with E-state index in [1.165, 1.54) is 0 Å². The van der Waals surface area contributed by atoms with E-state index in [4.69, 9.17) is 4.52 Å². The molecule has 0 atom stereocenters. The van der Waals surface area contributed by atoms with Gasteiger partial charge in [-0.2, -0.15) is 4.98 Å². The summed E-state index contributed by atoms with van der Waals surface area (Å²) in [7, 11) is 0. The number of hydrogen-bond donors (Lipinski definition) is 1. The molecule has 0 radical (unpaired) electrons. The predicted molar refractivity (Wildman–Crippen MR) is 67.0 cm³/mol. The van der Waals surface area contributed by atoms with Gasteiger partial charge in [-0.05, 0) is 32.6 Å². The summed E-state index contributed by atoms with van der Waals surface area (Å²) in [5.74, 6) is 2.01. The third-order valence-electron chi connectivity index (χ3n) is 3.49. The first-order chi connectivity index (χ1) is 8.56. The molecule has 1 aromatic heterocycles. The van der Waals surface area contributed by atoms with Crippen molar-refractivity contribution in [2.24, 2.45) is 5.92 Å². The standard InChI is InChI=1S/C13H21N3O2/c1-8(2)12(17)15-11-6-4-10(5-7-11)13-14-9(3)16-18-13/h8,10-11H,4-7H2,1-3H3,(H,15,17). The van der Waals surface area contributed by atoms with Crippen LogP contribution in [0.15, 0.2) is 4.52 Å². The summed E-state index contributed by atoms with van der Waals surface area (Å²) in [6.45, 7) is 5.67. The highest BCUT2D eigenvalue weighted by atomic mass is 16.5. The van der Waals surface area contributed by atoms with Gasteiger partial charge in [0.15, 0.2) is 5.82 Å². The Hall–Kier alpha value is -1.39. The molecule has 0 aliphatic heterocycles. The smallest absolute Gasteiger partial charge is 0.229 e. The van der Waals surface area contributed by atoms with E-state index in [1.807, 2.05) is 20.8 Å². The van der Waals surface area contributed by atoms with Gasteiger partial charge in [-0.1, -0.05) is 19.0 Å². The summed E-state index contributed by atoms with van der Waals surface area (Å²) in [6.07, 6.45) is 3.99. The van der Waals surface area contributed by atoms with Crippen LogP contribution < -0.4 is 5.32 Å². The van der Waals surface area contributed by atoms with Crippen molar-refractivity contribution in [3.05, 3.63) is 11.7 Å². The van der Waals surface area contributed by atoms with E-state index < -0.39 is 0 Å². The monoisotopic (exact) mass is 251 g/mol. The molecule has 1 aliphatic rings. The molecule has 1 heterocycles. The number of aryl methyl sites for hydroxylation is 1. The van der Waals surface area contributed by atoms with E-state index in [1.54, 1.807) is 0 Å². The molecule has 5 nitrogen and oxygen atoms in total. The van der Waals surface area contributed by atoms with Gasteiger partial charge >= 0.3 is 0 Å². The van der Waals surface area contributed by atoms with Crippen molar-refractivity contribution < 1.29 is 9.32 Å². The Balaban J connectivity index is 1.83. The maximum absolute atomic E-state index is 11.6. The topological polar surface area (TPSA) is 68.0 Å². The Morgan fingerprint density at radius 3 is 2.50 bits per heavy atom. The first-order valence-electron chi connectivity index (χ1n) is 6.67. The van der Waals surface area contributed by atoms with Gasteiger partial charge in [0, 0.05) is 17.9 Å². The van der Waals surface area contributed by atoms with E-state index in [0.717, 1.165) is 31.6 Å². The second-order valence-electron chi connectivity index (χ2n) is 5.39. The molecule has 0 bridgehead atoms. The van der Waals surface area contributed by atoms with Crippen LogP contribution in [-0.4, -0.2) is 22.1 Å². The summed E-state index contributed by atoms with van der Waals surface area (Å²) in [5, 5.41) is 6.92. The molecule has 1 amide bonds. The van der Waals surface area contributed by atoms with Gasteiger partial charge < -0.3 is 9.84 Å². The lowest BCUT2D eigenvalue weighted by molar-refractivity contribution is -0.124. The zero-order valence-corrected chi connectivity index (χ0v) is 11.3. The van der Waals surface area contributed by atoms with Crippen LogP contribution in [-0.2, 0) is 4.79 Å². The van der Waals surface area contributed by atoms with Crippen molar-refractivity contribution >= 4 is 5.91 Å². The number of hydrogen-bond acceptors (Lipinski definition) is 4. The Labute approximate surface area is 107 Å². The molecule has 1 N–H and O–H groups in total. The van der Waals surface area contributed by atoms with Gasteiger partial charge in [0.25, 0.3) is 0 Å². The normalized spacial score (nSPS) is 24.2. The fourth-order valence-corrected chi connectivity index (χ4v) is 2.33. The van der Waals surface area contributed by atoms with E-state index in [-0.39, 0.29) is 11.8 Å². The van der Waals surface area contributed by atoms with Gasteiger partial charge in [-0.3, -0.25) is 4.79 Å². The number of carbonyl (C=O) groups is 1. The van der Waals surface area contributed by atoms with Crippen molar-refractivity contribution in [2.45, 2.75) is 58.4 Å². The summed E-state index contributed by atoms with van der Waals surface area (Å²) in [4.78, 5) is 15.9. The quantitative estimate of drug-likeness (QED) is 0.894. The molecule has 18 heavy (non-hydrogen) atoms. The number of rotatable bonds is 3. The number of amides is 1. The SMILES string of the molecule is Cc1noc(C2CCC(NC(=O)C(C)C)CC2)n1. The molecule has 5 heteroatoms. The van der Waals surface area contributed by atoms with Crippen molar-refractivity contribution in [3.8, 4) is 0 Å². The Morgan fingerprint density at radius 1 is 1.33 bits per heavy atom. The van der Waals surface area contributed by atoms with Crippen LogP contribution in [0.3, 0.4) is 0 Å². The lowest BCUT2D eigenvalue weighted by Crippen LogP contribution is -2.39. The van der Waals surface area contributed by atoms with Gasteiger partial charge in [0.2, 0.25) is 11.8 Å². The largest absolute Gasteiger partial charge is 0.353 e. The zero-order chi connectivity index (χ0) is 13.1. The van der Waals surface area contributed by atoms with Gasteiger partial charge in [0.05, 0.1) is 0 Å². The summed E-state index contributed by atoms with van der Waals surface area (Å²) < 4.78 is 5.21. The zero-order valence-electron chi connectivity index (χ0n) is 11.3. The average Bonchev–Trinajstić information content (AvgIpc) is 2.76. The van der Waals surface area contributed by atoms with Gasteiger partial charge in [-0.15, -0.1) is 0 Å². The van der Waals surface area contributed by atoms with E-state index in [9.17, 15) is 4.79 Å². The van der Waals surface area contributed by atoms with Crippen LogP contribution in [0.5, 0.6) is 0 Å². The minimum atomic E-state index is 0.0568. The summed E-state index contributed by atoms with van der Waals surface area (Å²) >= 11 is 0.